The molecule has 51 heavy (non-hydrogen) atoms. The quantitative estimate of drug-likeness (QED) is 0.0683. The van der Waals surface area contributed by atoms with Crippen LogP contribution >= 0.6 is 0 Å². The van der Waals surface area contributed by atoms with E-state index in [-0.39, 0.29) is 5.41 Å². The van der Waals surface area contributed by atoms with Gasteiger partial charge < -0.3 is 15.1 Å². The predicted molar refractivity (Wildman–Crippen MR) is 220 cm³/mol. The molecule has 0 spiro atoms. The number of rotatable bonds is 21. The molecule has 0 radical (unpaired) electrons. The van der Waals surface area contributed by atoms with E-state index >= 15 is 0 Å². The third-order valence-corrected chi connectivity index (χ3v) is 9.85. The number of nitrogens with zero attached hydrogens (tertiary/aromatic N) is 7. The molecule has 1 aliphatic rings. The lowest BCUT2D eigenvalue weighted by Gasteiger charge is -2.26. The van der Waals surface area contributed by atoms with E-state index in [0.29, 0.717) is 11.6 Å². The van der Waals surface area contributed by atoms with Gasteiger partial charge in [-0.2, -0.15) is 5.10 Å². The number of unbranched alkanes of at least 4 members (excludes halogenated alkanes) is 10. The highest BCUT2D eigenvalue weighted by Crippen LogP contribution is 2.34. The second-order valence-corrected chi connectivity index (χ2v) is 15.0. The monoisotopic (exact) mass is 693 g/mol. The minimum absolute atomic E-state index is 0.251. The first-order chi connectivity index (χ1) is 24.6. The zero-order valence-electron chi connectivity index (χ0n) is 33.0. The molecule has 0 fully saturated rings. The molecule has 0 unspecified atom stereocenters. The number of hydrogen-bond donors (Lipinski definition) is 1. The maximum absolute atomic E-state index is 5.68. The Hall–Kier alpha value is -4.12. The van der Waals surface area contributed by atoms with Crippen molar-refractivity contribution in [3.63, 3.8) is 0 Å². The third-order valence-electron chi connectivity index (χ3n) is 9.85. The molecule has 4 rings (SSSR count). The van der Waals surface area contributed by atoms with Crippen LogP contribution in [-0.4, -0.2) is 52.5 Å². The lowest BCUT2D eigenvalue weighted by Crippen LogP contribution is -2.27. The fourth-order valence-corrected chi connectivity index (χ4v) is 6.80. The maximum Gasteiger partial charge on any atom is 0.204 e. The minimum Gasteiger partial charge on any atom is -0.372 e. The van der Waals surface area contributed by atoms with E-state index in [0.717, 1.165) is 65.8 Å². The summed E-state index contributed by atoms with van der Waals surface area (Å²) in [5.41, 5.74) is 7.48. The van der Waals surface area contributed by atoms with Gasteiger partial charge in [0.2, 0.25) is 5.82 Å². The number of aliphatic imine (C=N–C) groups is 1. The zero-order chi connectivity index (χ0) is 36.8. The summed E-state index contributed by atoms with van der Waals surface area (Å²) in [6.07, 6.45) is 21.4. The van der Waals surface area contributed by atoms with Gasteiger partial charge >= 0.3 is 0 Å². The first-order valence-corrected chi connectivity index (χ1v) is 19.8. The molecular formula is C43H64N8. The van der Waals surface area contributed by atoms with Crippen LogP contribution in [-0.2, 0) is 0 Å². The van der Waals surface area contributed by atoms with Crippen LogP contribution in [0.2, 0.25) is 0 Å². The average Bonchev–Trinajstić information content (AvgIpc) is 3.68. The van der Waals surface area contributed by atoms with Gasteiger partial charge in [-0.05, 0) is 75.6 Å². The van der Waals surface area contributed by atoms with Crippen molar-refractivity contribution in [3.8, 4) is 23.9 Å². The van der Waals surface area contributed by atoms with Gasteiger partial charge in [0, 0.05) is 54.6 Å². The Morgan fingerprint density at radius 1 is 0.784 bits per heavy atom. The fourth-order valence-electron chi connectivity index (χ4n) is 6.80. The van der Waals surface area contributed by atoms with E-state index in [9.17, 15) is 0 Å². The number of anilines is 3. The number of terminal acetylenes is 1. The van der Waals surface area contributed by atoms with Crippen LogP contribution in [0.3, 0.4) is 0 Å². The normalized spacial score (nSPS) is 13.3. The standard InChI is InChI=1S/C43H64N8/c1-10-15-17-19-21-23-29-50(30-24-22-20-18-16-11-2)34-25-27-37(33(6)31-34)45-39-40(43(7,8)9)47-51-42(39)46-41(48-51)36-32-35(49(13-4)14-5)26-28-38(36)44-12-3/h3,25-28,31-32,44H,10-11,13-24,29-30H2,1-2,4-9H3/b45-39-. The Labute approximate surface area is 309 Å². The van der Waals surface area contributed by atoms with Crippen LogP contribution in [0.4, 0.5) is 22.7 Å². The SMILES string of the molecule is C#CNc1ccc(N(CC)CC)cc1-c1nc2n(n1)N=C(C(C)(C)C)/C2=N/c1ccc(N(CCCCCCCC)CCCCCCCC)cc1C. The fraction of sp³-hybridized carbons (Fsp3) is 0.581. The van der Waals surface area contributed by atoms with Crippen LogP contribution in [0.1, 0.15) is 137 Å². The summed E-state index contributed by atoms with van der Waals surface area (Å²) >= 11 is 0. The van der Waals surface area contributed by atoms with E-state index in [1.54, 1.807) is 4.79 Å². The van der Waals surface area contributed by atoms with Crippen molar-refractivity contribution in [2.45, 2.75) is 132 Å². The van der Waals surface area contributed by atoms with Gasteiger partial charge in [0.05, 0.1) is 17.1 Å². The van der Waals surface area contributed by atoms with Gasteiger partial charge in [-0.1, -0.05) is 105 Å². The molecule has 1 aromatic heterocycles. The smallest absolute Gasteiger partial charge is 0.204 e. The molecule has 0 aliphatic carbocycles. The van der Waals surface area contributed by atoms with Gasteiger partial charge in [-0.15, -0.1) is 9.89 Å². The van der Waals surface area contributed by atoms with Crippen LogP contribution < -0.4 is 15.1 Å². The molecule has 1 N–H and O–H groups in total. The van der Waals surface area contributed by atoms with Gasteiger partial charge in [0.15, 0.2) is 5.82 Å². The van der Waals surface area contributed by atoms with Crippen molar-refractivity contribution in [1.29, 1.82) is 0 Å². The summed E-state index contributed by atoms with van der Waals surface area (Å²) in [5, 5.41) is 12.9. The largest absolute Gasteiger partial charge is 0.372 e. The summed E-state index contributed by atoms with van der Waals surface area (Å²) < 4.78 is 0. The van der Waals surface area contributed by atoms with Gasteiger partial charge in [0.1, 0.15) is 5.71 Å². The molecule has 1 aliphatic heterocycles. The summed E-state index contributed by atoms with van der Waals surface area (Å²) in [4.78, 5) is 16.9. The van der Waals surface area contributed by atoms with E-state index in [2.05, 4.69) is 107 Å². The minimum atomic E-state index is -0.251. The first-order valence-electron chi connectivity index (χ1n) is 19.8. The van der Waals surface area contributed by atoms with Gasteiger partial charge in [0.25, 0.3) is 0 Å². The van der Waals surface area contributed by atoms with Crippen molar-refractivity contribution in [2.75, 3.05) is 41.3 Å². The Balaban J connectivity index is 1.64. The molecule has 8 nitrogen and oxygen atoms in total. The molecule has 276 valence electrons. The van der Waals surface area contributed by atoms with E-state index in [4.69, 9.17) is 26.6 Å². The van der Waals surface area contributed by atoms with Crippen molar-refractivity contribution in [2.24, 2.45) is 15.5 Å². The molecule has 2 heterocycles. The Morgan fingerprint density at radius 2 is 1.37 bits per heavy atom. The highest BCUT2D eigenvalue weighted by atomic mass is 15.6. The van der Waals surface area contributed by atoms with Crippen LogP contribution in [0, 0.1) is 24.8 Å². The number of benzene rings is 2. The summed E-state index contributed by atoms with van der Waals surface area (Å²) in [6, 6.07) is 15.5. The summed E-state index contributed by atoms with van der Waals surface area (Å²) in [6.45, 7) is 21.5. The van der Waals surface area contributed by atoms with Crippen LogP contribution in [0.25, 0.3) is 11.4 Å². The van der Waals surface area contributed by atoms with E-state index in [1.165, 1.54) is 82.7 Å². The number of fused-ring (bicyclic) bond motifs is 1. The highest BCUT2D eigenvalue weighted by Gasteiger charge is 2.35. The van der Waals surface area contributed by atoms with Gasteiger partial charge in [-0.25, -0.2) is 9.98 Å². The molecule has 0 bridgehead atoms. The van der Waals surface area contributed by atoms with E-state index < -0.39 is 0 Å². The molecule has 0 saturated heterocycles. The number of aryl methyl sites for hydroxylation is 1. The van der Waals surface area contributed by atoms with Crippen molar-refractivity contribution in [3.05, 3.63) is 47.8 Å². The Morgan fingerprint density at radius 3 is 1.94 bits per heavy atom. The van der Waals surface area contributed by atoms with Crippen molar-refractivity contribution >= 4 is 34.2 Å². The average molecular weight is 693 g/mol. The molecule has 0 saturated carbocycles. The number of aromatic nitrogens is 3. The Bertz CT molecular complexity index is 1630. The molecular weight excluding hydrogens is 629 g/mol. The van der Waals surface area contributed by atoms with Crippen LogP contribution in [0.5, 0.6) is 0 Å². The molecule has 0 amide bonds. The van der Waals surface area contributed by atoms with Crippen molar-refractivity contribution in [1.82, 2.24) is 14.9 Å². The summed E-state index contributed by atoms with van der Waals surface area (Å²) in [5.74, 6) is 1.21. The number of hydrogen-bond acceptors (Lipinski definition) is 7. The van der Waals surface area contributed by atoms with E-state index in [1.807, 2.05) is 6.07 Å². The molecule has 0 atom stereocenters. The third kappa shape index (κ3) is 10.7. The van der Waals surface area contributed by atoms with Crippen molar-refractivity contribution < 1.29 is 0 Å². The lowest BCUT2D eigenvalue weighted by atomic mass is 9.87. The molecule has 3 aromatic rings. The highest BCUT2D eigenvalue weighted by molar-refractivity contribution is 6.50. The second-order valence-electron chi connectivity index (χ2n) is 15.0. The Kier molecular flexibility index (Phi) is 15.1. The molecule has 8 heteroatoms. The maximum atomic E-state index is 5.68. The molecule has 2 aromatic carbocycles. The summed E-state index contributed by atoms with van der Waals surface area (Å²) in [7, 11) is 0. The number of nitrogens with one attached hydrogen (secondary N) is 1. The first kappa shape index (κ1) is 39.7. The van der Waals surface area contributed by atoms with Crippen LogP contribution in [0.15, 0.2) is 46.5 Å². The lowest BCUT2D eigenvalue weighted by molar-refractivity contribution is 0.575. The second kappa shape index (κ2) is 19.5. The zero-order valence-corrected chi connectivity index (χ0v) is 33.0. The topological polar surface area (TPSA) is 73.9 Å². The van der Waals surface area contributed by atoms with Gasteiger partial charge in [-0.3, -0.25) is 0 Å². The predicted octanol–water partition coefficient (Wildman–Crippen LogP) is 11.0.